The third-order valence-electron chi connectivity index (χ3n) is 3.63. The van der Waals surface area contributed by atoms with Gasteiger partial charge in [-0.3, -0.25) is 9.59 Å². The summed E-state index contributed by atoms with van der Waals surface area (Å²) >= 11 is 5.72. The number of carboxylic acid groups (broad SMARTS) is 1. The molecule has 2 rings (SSSR count). The van der Waals surface area contributed by atoms with Gasteiger partial charge in [-0.25, -0.2) is 0 Å². The topological polar surface area (TPSA) is 86.6 Å². The van der Waals surface area contributed by atoms with E-state index in [0.717, 1.165) is 12.8 Å². The highest BCUT2D eigenvalue weighted by atomic mass is 35.5. The lowest BCUT2D eigenvalue weighted by atomic mass is 9.92. The molecule has 0 atom stereocenters. The maximum atomic E-state index is 12.2. The van der Waals surface area contributed by atoms with Crippen molar-refractivity contribution in [3.05, 3.63) is 28.8 Å². The van der Waals surface area contributed by atoms with Crippen molar-refractivity contribution in [2.45, 2.75) is 37.6 Å². The third-order valence-corrected chi connectivity index (χ3v) is 3.87. The molecule has 5 nitrogen and oxygen atoms in total. The highest BCUT2D eigenvalue weighted by Crippen LogP contribution is 2.33. The zero-order chi connectivity index (χ0) is 14.8. The quantitative estimate of drug-likeness (QED) is 0.797. The Labute approximate surface area is 121 Å². The van der Waals surface area contributed by atoms with E-state index < -0.39 is 17.4 Å². The van der Waals surface area contributed by atoms with E-state index in [1.807, 2.05) is 0 Å². The van der Waals surface area contributed by atoms with Gasteiger partial charge in [-0.1, -0.05) is 24.4 Å². The fourth-order valence-corrected chi connectivity index (χ4v) is 2.86. The number of nitrogens with one attached hydrogen (secondary N) is 1. The molecule has 0 radical (unpaired) electrons. The number of carbonyl (C=O) groups is 2. The van der Waals surface area contributed by atoms with Crippen LogP contribution in [0.2, 0.25) is 5.02 Å². The minimum absolute atomic E-state index is 0.103. The minimum Gasteiger partial charge on any atom is -0.507 e. The van der Waals surface area contributed by atoms with Crippen molar-refractivity contribution in [2.75, 3.05) is 0 Å². The lowest BCUT2D eigenvalue weighted by Gasteiger charge is -2.28. The molecule has 0 aliphatic heterocycles. The lowest BCUT2D eigenvalue weighted by Crippen LogP contribution is -2.47. The van der Waals surface area contributed by atoms with Gasteiger partial charge in [0.1, 0.15) is 5.75 Å². The monoisotopic (exact) mass is 297 g/mol. The number of aromatic hydroxyl groups is 1. The van der Waals surface area contributed by atoms with E-state index in [9.17, 15) is 14.7 Å². The summed E-state index contributed by atoms with van der Waals surface area (Å²) in [5, 5.41) is 21.8. The van der Waals surface area contributed by atoms with Gasteiger partial charge in [0.25, 0.3) is 5.91 Å². The highest BCUT2D eigenvalue weighted by molar-refractivity contribution is 6.30. The zero-order valence-electron chi connectivity index (χ0n) is 10.9. The first-order valence-corrected chi connectivity index (χ1v) is 6.82. The molecule has 0 saturated heterocycles. The van der Waals surface area contributed by atoms with E-state index in [-0.39, 0.29) is 17.7 Å². The number of carbonyl (C=O) groups excluding carboxylic acids is 1. The van der Waals surface area contributed by atoms with Crippen LogP contribution in [0.3, 0.4) is 0 Å². The number of phenolic OH excluding ortho intramolecular Hbond substituents is 1. The second-order valence-corrected chi connectivity index (χ2v) is 5.61. The van der Waals surface area contributed by atoms with Crippen LogP contribution in [0.25, 0.3) is 0 Å². The Balaban J connectivity index is 2.18. The predicted octanol–water partition coefficient (Wildman–Crippen LogP) is 2.56. The van der Waals surface area contributed by atoms with Gasteiger partial charge in [-0.15, -0.1) is 0 Å². The third kappa shape index (κ3) is 3.22. The molecule has 1 aliphatic carbocycles. The van der Waals surface area contributed by atoms with E-state index in [1.54, 1.807) is 0 Å². The molecule has 1 amide bonds. The molecule has 1 aliphatic rings. The second-order valence-electron chi connectivity index (χ2n) is 5.17. The Morgan fingerprint density at radius 3 is 2.50 bits per heavy atom. The fourth-order valence-electron chi connectivity index (χ4n) is 2.69. The molecule has 108 valence electrons. The molecule has 1 saturated carbocycles. The Morgan fingerprint density at radius 1 is 1.30 bits per heavy atom. The molecule has 0 unspecified atom stereocenters. The number of hydrogen-bond donors (Lipinski definition) is 3. The van der Waals surface area contributed by atoms with Crippen molar-refractivity contribution in [1.82, 2.24) is 5.32 Å². The normalized spacial score (nSPS) is 16.9. The standard InChI is InChI=1S/C14H16ClNO4/c15-9-3-4-10(11(17)7-9)13(20)16-14(8-12(18)19)5-1-2-6-14/h3-4,7,17H,1-2,5-6,8H2,(H,16,20)(H,18,19). The largest absolute Gasteiger partial charge is 0.507 e. The van der Waals surface area contributed by atoms with Gasteiger partial charge in [0.2, 0.25) is 0 Å². The van der Waals surface area contributed by atoms with Crippen molar-refractivity contribution < 1.29 is 19.8 Å². The van der Waals surface area contributed by atoms with Gasteiger partial charge >= 0.3 is 5.97 Å². The molecule has 0 heterocycles. The van der Waals surface area contributed by atoms with Crippen molar-refractivity contribution in [3.8, 4) is 5.75 Å². The van der Waals surface area contributed by atoms with Gasteiger partial charge < -0.3 is 15.5 Å². The summed E-state index contributed by atoms with van der Waals surface area (Å²) in [4.78, 5) is 23.2. The van der Waals surface area contributed by atoms with Gasteiger partial charge in [0.05, 0.1) is 17.5 Å². The van der Waals surface area contributed by atoms with Crippen LogP contribution < -0.4 is 5.32 Å². The van der Waals surface area contributed by atoms with Crippen molar-refractivity contribution in [1.29, 1.82) is 0 Å². The van der Waals surface area contributed by atoms with Crippen LogP contribution in [0.4, 0.5) is 0 Å². The first-order chi connectivity index (χ1) is 9.42. The Bertz CT molecular complexity index is 538. The van der Waals surface area contributed by atoms with Gasteiger partial charge in [-0.2, -0.15) is 0 Å². The van der Waals surface area contributed by atoms with E-state index in [0.29, 0.717) is 17.9 Å². The average Bonchev–Trinajstić information content (AvgIpc) is 2.75. The maximum Gasteiger partial charge on any atom is 0.305 e. The average molecular weight is 298 g/mol. The summed E-state index contributed by atoms with van der Waals surface area (Å²) in [5.74, 6) is -1.62. The van der Waals surface area contributed by atoms with Crippen LogP contribution in [0.15, 0.2) is 18.2 Å². The van der Waals surface area contributed by atoms with E-state index in [1.165, 1.54) is 18.2 Å². The number of benzene rings is 1. The Kier molecular flexibility index (Phi) is 4.18. The lowest BCUT2D eigenvalue weighted by molar-refractivity contribution is -0.138. The van der Waals surface area contributed by atoms with Crippen molar-refractivity contribution >= 4 is 23.5 Å². The number of carboxylic acids is 1. The number of aliphatic carboxylic acids is 1. The second kappa shape index (κ2) is 5.71. The van der Waals surface area contributed by atoms with Crippen molar-refractivity contribution in [2.24, 2.45) is 0 Å². The Morgan fingerprint density at radius 2 is 1.95 bits per heavy atom. The number of halogens is 1. The minimum atomic E-state index is -0.937. The molecule has 3 N–H and O–H groups in total. The molecule has 0 bridgehead atoms. The van der Waals surface area contributed by atoms with Crippen LogP contribution in [0.1, 0.15) is 42.5 Å². The summed E-state index contributed by atoms with van der Waals surface area (Å²) in [7, 11) is 0. The summed E-state index contributed by atoms with van der Waals surface area (Å²) in [6.07, 6.45) is 2.95. The molecule has 1 aromatic rings. The summed E-state index contributed by atoms with van der Waals surface area (Å²) in [5.41, 5.74) is -0.610. The van der Waals surface area contributed by atoms with Gasteiger partial charge in [0, 0.05) is 5.02 Å². The summed E-state index contributed by atoms with van der Waals surface area (Å²) in [6.45, 7) is 0. The molecule has 1 fully saturated rings. The molecule has 1 aromatic carbocycles. The van der Waals surface area contributed by atoms with Crippen LogP contribution in [0.5, 0.6) is 5.75 Å². The van der Waals surface area contributed by atoms with E-state index in [4.69, 9.17) is 16.7 Å². The number of hydrogen-bond acceptors (Lipinski definition) is 3. The fraction of sp³-hybridized carbons (Fsp3) is 0.429. The first kappa shape index (κ1) is 14.7. The van der Waals surface area contributed by atoms with E-state index in [2.05, 4.69) is 5.32 Å². The predicted molar refractivity (Wildman–Crippen MR) is 74.0 cm³/mol. The molecule has 0 spiro atoms. The maximum absolute atomic E-state index is 12.2. The van der Waals surface area contributed by atoms with Gasteiger partial charge in [-0.05, 0) is 31.0 Å². The number of phenols is 1. The van der Waals surface area contributed by atoms with Crippen LogP contribution in [0, 0.1) is 0 Å². The molecule has 20 heavy (non-hydrogen) atoms. The summed E-state index contributed by atoms with van der Waals surface area (Å²) < 4.78 is 0. The smallest absolute Gasteiger partial charge is 0.305 e. The first-order valence-electron chi connectivity index (χ1n) is 6.45. The summed E-state index contributed by atoms with van der Waals surface area (Å²) in [6, 6.07) is 4.22. The highest BCUT2D eigenvalue weighted by Gasteiger charge is 2.37. The van der Waals surface area contributed by atoms with Crippen LogP contribution in [-0.4, -0.2) is 27.6 Å². The van der Waals surface area contributed by atoms with Crippen LogP contribution in [-0.2, 0) is 4.79 Å². The Hall–Kier alpha value is -1.75. The van der Waals surface area contributed by atoms with Gasteiger partial charge in [0.15, 0.2) is 0 Å². The molecule has 6 heteroatoms. The van der Waals surface area contributed by atoms with Crippen molar-refractivity contribution in [3.63, 3.8) is 0 Å². The number of rotatable bonds is 4. The zero-order valence-corrected chi connectivity index (χ0v) is 11.6. The molecule has 0 aromatic heterocycles. The van der Waals surface area contributed by atoms with Crippen LogP contribution >= 0.6 is 11.6 Å². The molecular formula is C14H16ClNO4. The molecular weight excluding hydrogens is 282 g/mol. The van der Waals surface area contributed by atoms with E-state index >= 15 is 0 Å². The SMILES string of the molecule is O=C(O)CC1(NC(=O)c2ccc(Cl)cc2O)CCCC1. The number of amides is 1.